The van der Waals surface area contributed by atoms with E-state index in [1.165, 1.54) is 24.2 Å². The summed E-state index contributed by atoms with van der Waals surface area (Å²) >= 11 is 8.24. The van der Waals surface area contributed by atoms with Crippen LogP contribution in [0.2, 0.25) is 5.15 Å². The van der Waals surface area contributed by atoms with Crippen molar-refractivity contribution < 1.29 is 0 Å². The molecule has 2 nitrogen and oxygen atoms in total. The van der Waals surface area contributed by atoms with E-state index < -0.39 is 0 Å². The molecule has 0 aliphatic rings. The first-order chi connectivity index (χ1) is 9.70. The highest BCUT2D eigenvalue weighted by atomic mass is 35.5. The van der Waals surface area contributed by atoms with Crippen molar-refractivity contribution in [3.8, 4) is 0 Å². The summed E-state index contributed by atoms with van der Waals surface area (Å²) in [6, 6.07) is 12.3. The molecule has 1 aromatic heterocycles. The standard InChI is InChI=1S/C16H21ClN2S/c1-3-4-10-20-13(2)15-11-16(17)19(18-15)12-14-8-6-5-7-9-14/h5-9,11,13H,3-4,10,12H2,1-2H3. The molecule has 0 aliphatic carbocycles. The molecule has 20 heavy (non-hydrogen) atoms. The van der Waals surface area contributed by atoms with E-state index in [4.69, 9.17) is 11.6 Å². The van der Waals surface area contributed by atoms with Gasteiger partial charge in [0.1, 0.15) is 5.15 Å². The average molecular weight is 309 g/mol. The van der Waals surface area contributed by atoms with E-state index in [0.717, 1.165) is 12.2 Å². The molecule has 0 N–H and O–H groups in total. The van der Waals surface area contributed by atoms with Gasteiger partial charge in [-0.15, -0.1) is 0 Å². The predicted octanol–water partition coefficient (Wildman–Crippen LogP) is 5.18. The van der Waals surface area contributed by atoms with Crippen molar-refractivity contribution >= 4 is 23.4 Å². The molecule has 1 atom stereocenters. The zero-order valence-electron chi connectivity index (χ0n) is 12.1. The van der Waals surface area contributed by atoms with Crippen molar-refractivity contribution in [2.24, 2.45) is 0 Å². The summed E-state index contributed by atoms with van der Waals surface area (Å²) in [6.07, 6.45) is 2.50. The Kier molecular flexibility index (Phi) is 5.99. The van der Waals surface area contributed by atoms with Crippen molar-refractivity contribution in [2.75, 3.05) is 5.75 Å². The molecule has 1 heterocycles. The third-order valence-electron chi connectivity index (χ3n) is 3.21. The molecule has 0 spiro atoms. The molecule has 0 amide bonds. The Bertz CT molecular complexity index is 525. The van der Waals surface area contributed by atoms with Gasteiger partial charge in [-0.05, 0) is 30.7 Å². The van der Waals surface area contributed by atoms with Gasteiger partial charge in [-0.2, -0.15) is 16.9 Å². The molecule has 0 aliphatic heterocycles. The Morgan fingerprint density at radius 3 is 2.75 bits per heavy atom. The average Bonchev–Trinajstić information content (AvgIpc) is 2.82. The lowest BCUT2D eigenvalue weighted by atomic mass is 10.2. The molecule has 0 bridgehead atoms. The Labute approximate surface area is 130 Å². The van der Waals surface area contributed by atoms with Gasteiger partial charge in [0, 0.05) is 5.25 Å². The molecule has 2 rings (SSSR count). The number of hydrogen-bond donors (Lipinski definition) is 0. The molecule has 1 aromatic carbocycles. The van der Waals surface area contributed by atoms with E-state index >= 15 is 0 Å². The largest absolute Gasteiger partial charge is 0.249 e. The minimum atomic E-state index is 0.399. The summed E-state index contributed by atoms with van der Waals surface area (Å²) in [6.45, 7) is 5.15. The maximum atomic E-state index is 6.29. The van der Waals surface area contributed by atoms with Crippen molar-refractivity contribution in [3.63, 3.8) is 0 Å². The van der Waals surface area contributed by atoms with Crippen LogP contribution in [0.15, 0.2) is 36.4 Å². The summed E-state index contributed by atoms with van der Waals surface area (Å²) in [4.78, 5) is 0. The molecule has 1 unspecified atom stereocenters. The fourth-order valence-corrected chi connectivity index (χ4v) is 3.27. The van der Waals surface area contributed by atoms with Crippen LogP contribution in [0.4, 0.5) is 0 Å². The third kappa shape index (κ3) is 4.29. The van der Waals surface area contributed by atoms with Gasteiger partial charge in [0.15, 0.2) is 0 Å². The van der Waals surface area contributed by atoms with Crippen LogP contribution in [0.3, 0.4) is 0 Å². The lowest BCUT2D eigenvalue weighted by molar-refractivity contribution is 0.673. The number of halogens is 1. The van der Waals surface area contributed by atoms with E-state index in [2.05, 4.69) is 31.1 Å². The van der Waals surface area contributed by atoms with Crippen LogP contribution in [0, 0.1) is 0 Å². The highest BCUT2D eigenvalue weighted by Gasteiger charge is 2.13. The van der Waals surface area contributed by atoms with Crippen LogP contribution < -0.4 is 0 Å². The van der Waals surface area contributed by atoms with Crippen LogP contribution >= 0.6 is 23.4 Å². The summed E-state index contributed by atoms with van der Waals surface area (Å²) in [7, 11) is 0. The second kappa shape index (κ2) is 7.75. The second-order valence-electron chi connectivity index (χ2n) is 4.90. The van der Waals surface area contributed by atoms with Crippen LogP contribution in [0.1, 0.15) is 43.2 Å². The van der Waals surface area contributed by atoms with Crippen LogP contribution in [-0.2, 0) is 6.54 Å². The molecule has 4 heteroatoms. The van der Waals surface area contributed by atoms with E-state index in [1.807, 2.05) is 40.7 Å². The third-order valence-corrected chi connectivity index (χ3v) is 4.78. The Balaban J connectivity index is 2.02. The van der Waals surface area contributed by atoms with Crippen molar-refractivity contribution in [3.05, 3.63) is 52.8 Å². The number of hydrogen-bond acceptors (Lipinski definition) is 2. The van der Waals surface area contributed by atoms with Gasteiger partial charge in [0.2, 0.25) is 0 Å². The number of benzene rings is 1. The number of thioether (sulfide) groups is 1. The highest BCUT2D eigenvalue weighted by molar-refractivity contribution is 7.99. The van der Waals surface area contributed by atoms with Crippen molar-refractivity contribution in [2.45, 2.75) is 38.5 Å². The molecule has 0 fully saturated rings. The van der Waals surface area contributed by atoms with E-state index in [0.29, 0.717) is 10.4 Å². The molecule has 0 saturated carbocycles. The molecule has 108 valence electrons. The Morgan fingerprint density at radius 2 is 2.05 bits per heavy atom. The second-order valence-corrected chi connectivity index (χ2v) is 6.74. The summed E-state index contributed by atoms with van der Waals surface area (Å²) < 4.78 is 1.88. The molecular formula is C16H21ClN2S. The van der Waals surface area contributed by atoms with Crippen molar-refractivity contribution in [1.82, 2.24) is 9.78 Å². The summed E-state index contributed by atoms with van der Waals surface area (Å²) in [5, 5.41) is 5.76. The zero-order valence-corrected chi connectivity index (χ0v) is 13.6. The van der Waals surface area contributed by atoms with E-state index in [-0.39, 0.29) is 0 Å². The Morgan fingerprint density at radius 1 is 1.30 bits per heavy atom. The number of aromatic nitrogens is 2. The summed E-state index contributed by atoms with van der Waals surface area (Å²) in [5.41, 5.74) is 2.29. The quantitative estimate of drug-likeness (QED) is 0.656. The number of nitrogens with zero attached hydrogens (tertiary/aromatic N) is 2. The molecular weight excluding hydrogens is 288 g/mol. The fraction of sp³-hybridized carbons (Fsp3) is 0.438. The number of unbranched alkanes of at least 4 members (excludes halogenated alkanes) is 1. The number of rotatable bonds is 7. The van der Waals surface area contributed by atoms with E-state index in [9.17, 15) is 0 Å². The van der Waals surface area contributed by atoms with Crippen LogP contribution in [-0.4, -0.2) is 15.5 Å². The van der Waals surface area contributed by atoms with Gasteiger partial charge in [-0.1, -0.05) is 55.3 Å². The first-order valence-electron chi connectivity index (χ1n) is 7.09. The first kappa shape index (κ1) is 15.5. The topological polar surface area (TPSA) is 17.8 Å². The van der Waals surface area contributed by atoms with Crippen LogP contribution in [0.25, 0.3) is 0 Å². The van der Waals surface area contributed by atoms with Gasteiger partial charge < -0.3 is 0 Å². The smallest absolute Gasteiger partial charge is 0.127 e. The van der Waals surface area contributed by atoms with Gasteiger partial charge in [-0.25, -0.2) is 4.68 Å². The lowest BCUT2D eigenvalue weighted by Gasteiger charge is -2.07. The SMILES string of the molecule is CCCCSC(C)c1cc(Cl)n(Cc2ccccc2)n1. The maximum Gasteiger partial charge on any atom is 0.127 e. The first-order valence-corrected chi connectivity index (χ1v) is 8.52. The molecule has 0 radical (unpaired) electrons. The fourth-order valence-electron chi connectivity index (χ4n) is 1.97. The minimum Gasteiger partial charge on any atom is -0.249 e. The van der Waals surface area contributed by atoms with Gasteiger partial charge >= 0.3 is 0 Å². The maximum absolute atomic E-state index is 6.29. The highest BCUT2D eigenvalue weighted by Crippen LogP contribution is 2.29. The summed E-state index contributed by atoms with van der Waals surface area (Å²) in [5.74, 6) is 1.18. The molecule has 0 saturated heterocycles. The normalized spacial score (nSPS) is 12.6. The molecule has 2 aromatic rings. The van der Waals surface area contributed by atoms with Gasteiger partial charge in [0.25, 0.3) is 0 Å². The van der Waals surface area contributed by atoms with Gasteiger partial charge in [-0.3, -0.25) is 0 Å². The van der Waals surface area contributed by atoms with Crippen molar-refractivity contribution in [1.29, 1.82) is 0 Å². The van der Waals surface area contributed by atoms with Crippen LogP contribution in [0.5, 0.6) is 0 Å². The zero-order chi connectivity index (χ0) is 14.4. The van der Waals surface area contributed by atoms with E-state index in [1.54, 1.807) is 0 Å². The van der Waals surface area contributed by atoms with Gasteiger partial charge in [0.05, 0.1) is 12.2 Å². The minimum absolute atomic E-state index is 0.399. The Hall–Kier alpha value is -0.930. The predicted molar refractivity (Wildman–Crippen MR) is 88.6 cm³/mol. The monoisotopic (exact) mass is 308 g/mol. The lowest BCUT2D eigenvalue weighted by Crippen LogP contribution is -2.03.